The number of H-pyrrole nitrogens is 1. The third-order valence-corrected chi connectivity index (χ3v) is 3.88. The first kappa shape index (κ1) is 15.2. The topological polar surface area (TPSA) is 87.3 Å². The number of carbonyl (C=O) groups excluding carboxylic acids is 1. The van der Waals surface area contributed by atoms with Crippen LogP contribution in [0.25, 0.3) is 0 Å². The van der Waals surface area contributed by atoms with E-state index in [2.05, 4.69) is 15.3 Å². The highest BCUT2D eigenvalue weighted by molar-refractivity contribution is 14.1. The quantitative estimate of drug-likeness (QED) is 0.713. The van der Waals surface area contributed by atoms with E-state index in [4.69, 9.17) is 4.74 Å². The Morgan fingerprint density at radius 2 is 2.40 bits per heavy atom. The van der Waals surface area contributed by atoms with Gasteiger partial charge in [-0.3, -0.25) is 9.59 Å². The molecule has 1 amide bonds. The van der Waals surface area contributed by atoms with Gasteiger partial charge in [0.15, 0.2) is 0 Å². The lowest BCUT2D eigenvalue weighted by atomic mass is 10.2. The van der Waals surface area contributed by atoms with Gasteiger partial charge in [0, 0.05) is 12.6 Å². The number of amides is 1. The van der Waals surface area contributed by atoms with Crippen LogP contribution in [0.15, 0.2) is 11.1 Å². The van der Waals surface area contributed by atoms with E-state index >= 15 is 0 Å². The molecule has 1 unspecified atom stereocenters. The van der Waals surface area contributed by atoms with Crippen molar-refractivity contribution < 1.29 is 9.53 Å². The summed E-state index contributed by atoms with van der Waals surface area (Å²) in [7, 11) is 0. The minimum atomic E-state index is -0.464. The number of ether oxygens (including phenoxy) is 1. The zero-order valence-electron chi connectivity index (χ0n) is 11.4. The van der Waals surface area contributed by atoms with Crippen molar-refractivity contribution in [1.29, 1.82) is 0 Å². The van der Waals surface area contributed by atoms with E-state index in [0.29, 0.717) is 29.1 Å². The second-order valence-corrected chi connectivity index (χ2v) is 5.90. The molecule has 7 nitrogen and oxygen atoms in total. The summed E-state index contributed by atoms with van der Waals surface area (Å²) in [5.74, 6) is 0.416. The molecule has 110 valence electrons. The predicted octanol–water partition coefficient (Wildman–Crippen LogP) is 0.104. The molecule has 0 aromatic carbocycles. The van der Waals surface area contributed by atoms with Gasteiger partial charge in [-0.25, -0.2) is 4.98 Å². The standard InChI is InChI=1S/C12H17IN4O3/c1-7(2)16-11(18)8-5-20-4-3-17(8)10-9(13)12(19)15-6-14-10/h6-8H,3-5H2,1-2H3,(H,16,18)(H,14,15,19). The third kappa shape index (κ3) is 3.29. The van der Waals surface area contributed by atoms with Crippen LogP contribution < -0.4 is 15.8 Å². The maximum atomic E-state index is 12.2. The van der Waals surface area contributed by atoms with Crippen molar-refractivity contribution >= 4 is 34.3 Å². The summed E-state index contributed by atoms with van der Waals surface area (Å²) < 4.78 is 5.87. The summed E-state index contributed by atoms with van der Waals surface area (Å²) in [5, 5.41) is 2.87. The Morgan fingerprint density at radius 1 is 1.65 bits per heavy atom. The van der Waals surface area contributed by atoms with Crippen LogP contribution in [0.1, 0.15) is 13.8 Å². The number of rotatable bonds is 3. The van der Waals surface area contributed by atoms with Gasteiger partial charge in [-0.2, -0.15) is 0 Å². The molecule has 1 aliphatic heterocycles. The van der Waals surface area contributed by atoms with E-state index in [1.54, 1.807) is 0 Å². The van der Waals surface area contributed by atoms with Crippen LogP contribution >= 0.6 is 22.6 Å². The first-order valence-electron chi connectivity index (χ1n) is 6.38. The van der Waals surface area contributed by atoms with Crippen molar-refractivity contribution in [3.63, 3.8) is 0 Å². The first-order valence-corrected chi connectivity index (χ1v) is 7.46. The molecule has 1 saturated heterocycles. The summed E-state index contributed by atoms with van der Waals surface area (Å²) in [5.41, 5.74) is -0.204. The highest BCUT2D eigenvalue weighted by Crippen LogP contribution is 2.20. The van der Waals surface area contributed by atoms with E-state index in [-0.39, 0.29) is 17.5 Å². The largest absolute Gasteiger partial charge is 0.377 e. The van der Waals surface area contributed by atoms with Crippen LogP contribution in [-0.2, 0) is 9.53 Å². The van der Waals surface area contributed by atoms with Crippen LogP contribution in [0.5, 0.6) is 0 Å². The van der Waals surface area contributed by atoms with Gasteiger partial charge in [-0.05, 0) is 36.4 Å². The molecular weight excluding hydrogens is 375 g/mol. The predicted molar refractivity (Wildman–Crippen MR) is 82.8 cm³/mol. The minimum Gasteiger partial charge on any atom is -0.377 e. The van der Waals surface area contributed by atoms with Crippen LogP contribution in [-0.4, -0.2) is 47.7 Å². The molecule has 0 radical (unpaired) electrons. The summed E-state index contributed by atoms with van der Waals surface area (Å²) >= 11 is 1.95. The normalized spacial score (nSPS) is 19.2. The average molecular weight is 392 g/mol. The van der Waals surface area contributed by atoms with Crippen molar-refractivity contribution in [2.45, 2.75) is 25.9 Å². The second kappa shape index (κ2) is 6.53. The summed E-state index contributed by atoms with van der Waals surface area (Å²) in [6.07, 6.45) is 1.35. The fourth-order valence-corrected chi connectivity index (χ4v) is 2.63. The fraction of sp³-hybridized carbons (Fsp3) is 0.583. The molecule has 8 heteroatoms. The van der Waals surface area contributed by atoms with Crippen LogP contribution in [0, 0.1) is 3.57 Å². The van der Waals surface area contributed by atoms with Gasteiger partial charge in [0.05, 0.1) is 19.5 Å². The fourth-order valence-electron chi connectivity index (χ4n) is 2.03. The van der Waals surface area contributed by atoms with Crippen molar-refractivity contribution in [1.82, 2.24) is 15.3 Å². The number of hydrogen-bond donors (Lipinski definition) is 2. The van der Waals surface area contributed by atoms with Gasteiger partial charge in [-0.15, -0.1) is 0 Å². The Balaban J connectivity index is 2.29. The maximum Gasteiger partial charge on any atom is 0.266 e. The number of anilines is 1. The number of aromatic nitrogens is 2. The number of nitrogens with one attached hydrogen (secondary N) is 2. The van der Waals surface area contributed by atoms with E-state index in [1.807, 2.05) is 41.3 Å². The molecule has 2 N–H and O–H groups in total. The Bertz CT molecular complexity index is 546. The van der Waals surface area contributed by atoms with Crippen LogP contribution in [0.3, 0.4) is 0 Å². The molecule has 2 heterocycles. The maximum absolute atomic E-state index is 12.2. The third-order valence-electron chi connectivity index (χ3n) is 2.91. The molecule has 0 aliphatic carbocycles. The monoisotopic (exact) mass is 392 g/mol. The molecule has 1 atom stereocenters. The lowest BCUT2D eigenvalue weighted by Gasteiger charge is -2.36. The Kier molecular flexibility index (Phi) is 4.97. The smallest absolute Gasteiger partial charge is 0.266 e. The van der Waals surface area contributed by atoms with Gasteiger partial charge in [0.1, 0.15) is 15.4 Å². The summed E-state index contributed by atoms with van der Waals surface area (Å²) in [6.45, 7) is 5.14. The molecule has 1 aromatic rings. The summed E-state index contributed by atoms with van der Waals surface area (Å²) in [6, 6.07) is -0.411. The van der Waals surface area contributed by atoms with Gasteiger partial charge < -0.3 is 19.9 Å². The Hall–Kier alpha value is -1.16. The van der Waals surface area contributed by atoms with Gasteiger partial charge in [0.2, 0.25) is 5.91 Å². The van der Waals surface area contributed by atoms with E-state index in [9.17, 15) is 9.59 Å². The first-order chi connectivity index (χ1) is 9.50. The van der Waals surface area contributed by atoms with E-state index in [1.165, 1.54) is 6.33 Å². The Morgan fingerprint density at radius 3 is 3.10 bits per heavy atom. The van der Waals surface area contributed by atoms with Crippen molar-refractivity contribution in [2.75, 3.05) is 24.7 Å². The zero-order valence-corrected chi connectivity index (χ0v) is 13.5. The lowest BCUT2D eigenvalue weighted by molar-refractivity contribution is -0.125. The molecular formula is C12H17IN4O3. The number of aromatic amines is 1. The minimum absolute atomic E-state index is 0.0532. The number of morpholine rings is 1. The molecule has 1 aliphatic rings. The number of halogens is 1. The lowest BCUT2D eigenvalue weighted by Crippen LogP contribution is -2.55. The van der Waals surface area contributed by atoms with E-state index in [0.717, 1.165) is 0 Å². The van der Waals surface area contributed by atoms with Crippen molar-refractivity contribution in [2.24, 2.45) is 0 Å². The molecule has 1 aromatic heterocycles. The van der Waals surface area contributed by atoms with Gasteiger partial charge in [0.25, 0.3) is 5.56 Å². The number of nitrogens with zero attached hydrogens (tertiary/aromatic N) is 2. The molecule has 20 heavy (non-hydrogen) atoms. The van der Waals surface area contributed by atoms with Gasteiger partial charge in [-0.1, -0.05) is 0 Å². The highest BCUT2D eigenvalue weighted by Gasteiger charge is 2.32. The zero-order chi connectivity index (χ0) is 14.7. The second-order valence-electron chi connectivity index (χ2n) is 4.82. The molecule has 0 saturated carbocycles. The van der Waals surface area contributed by atoms with Crippen LogP contribution in [0.2, 0.25) is 0 Å². The van der Waals surface area contributed by atoms with Crippen molar-refractivity contribution in [3.05, 3.63) is 20.3 Å². The molecule has 2 rings (SSSR count). The van der Waals surface area contributed by atoms with Crippen LogP contribution in [0.4, 0.5) is 5.82 Å². The van der Waals surface area contributed by atoms with Gasteiger partial charge >= 0.3 is 0 Å². The highest BCUT2D eigenvalue weighted by atomic mass is 127. The molecule has 0 bridgehead atoms. The molecule has 1 fully saturated rings. The van der Waals surface area contributed by atoms with E-state index < -0.39 is 6.04 Å². The summed E-state index contributed by atoms with van der Waals surface area (Å²) in [4.78, 5) is 32.5. The molecule has 0 spiro atoms. The Labute approximate surface area is 130 Å². The average Bonchev–Trinajstić information content (AvgIpc) is 2.41. The SMILES string of the molecule is CC(C)NC(=O)C1COCCN1c1nc[nH]c(=O)c1I. The number of hydrogen-bond acceptors (Lipinski definition) is 5. The number of carbonyl (C=O) groups is 1. The van der Waals surface area contributed by atoms with Crippen molar-refractivity contribution in [3.8, 4) is 0 Å².